The highest BCUT2D eigenvalue weighted by atomic mass is 127. The molecular weight excluding hydrogens is 339 g/mol. The summed E-state index contributed by atoms with van der Waals surface area (Å²) in [7, 11) is 1.81. The van der Waals surface area contributed by atoms with Crippen LogP contribution in [-0.2, 0) is 6.42 Å². The molecule has 0 radical (unpaired) electrons. The first-order chi connectivity index (χ1) is 8.29. The molecule has 2 unspecified atom stereocenters. The van der Waals surface area contributed by atoms with Gasteiger partial charge in [0.15, 0.2) is 5.96 Å². The molecule has 0 amide bonds. The highest BCUT2D eigenvalue weighted by molar-refractivity contribution is 14.0. The van der Waals surface area contributed by atoms with E-state index in [0.29, 0.717) is 6.04 Å². The van der Waals surface area contributed by atoms with Gasteiger partial charge in [0.25, 0.3) is 0 Å². The van der Waals surface area contributed by atoms with E-state index in [-0.39, 0.29) is 24.0 Å². The summed E-state index contributed by atoms with van der Waals surface area (Å²) in [5.74, 6) is 1.68. The monoisotopic (exact) mass is 360 g/mol. The molecule has 0 spiro atoms. The van der Waals surface area contributed by atoms with Crippen LogP contribution in [0.2, 0.25) is 0 Å². The van der Waals surface area contributed by atoms with Gasteiger partial charge in [0, 0.05) is 37.9 Å². The maximum atomic E-state index is 4.29. The third kappa shape index (κ3) is 4.80. The molecule has 1 aromatic rings. The topological polar surface area (TPSA) is 49.3 Å². The van der Waals surface area contributed by atoms with Crippen molar-refractivity contribution in [2.24, 2.45) is 10.9 Å². The number of hydrogen-bond donors (Lipinski definition) is 2. The molecule has 1 heterocycles. The maximum Gasteiger partial charge on any atom is 0.191 e. The van der Waals surface area contributed by atoms with Crippen molar-refractivity contribution in [2.75, 3.05) is 13.6 Å². The van der Waals surface area contributed by atoms with Crippen LogP contribution in [0.1, 0.15) is 19.0 Å². The lowest BCUT2D eigenvalue weighted by Gasteiger charge is -2.11. The lowest BCUT2D eigenvalue weighted by atomic mass is 10.3. The Hall–Kier alpha value is -0.850. The smallest absolute Gasteiger partial charge is 0.191 e. The first kappa shape index (κ1) is 15.2. The van der Waals surface area contributed by atoms with Crippen LogP contribution in [0.3, 0.4) is 0 Å². The van der Waals surface area contributed by atoms with E-state index in [1.165, 1.54) is 6.42 Å². The minimum atomic E-state index is 0. The van der Waals surface area contributed by atoms with E-state index in [9.17, 15) is 0 Å². The number of aromatic nitrogens is 1. The van der Waals surface area contributed by atoms with Gasteiger partial charge in [-0.15, -0.1) is 24.0 Å². The summed E-state index contributed by atoms with van der Waals surface area (Å²) >= 11 is 0. The number of aliphatic imine (C=N–C) groups is 1. The molecule has 0 aromatic carbocycles. The normalized spacial score (nSPS) is 22.0. The van der Waals surface area contributed by atoms with Gasteiger partial charge >= 0.3 is 0 Å². The molecule has 2 rings (SSSR count). The lowest BCUT2D eigenvalue weighted by Crippen LogP contribution is -2.40. The van der Waals surface area contributed by atoms with Crippen LogP contribution in [0.25, 0.3) is 0 Å². The lowest BCUT2D eigenvalue weighted by molar-refractivity contribution is 0.753. The zero-order valence-electron chi connectivity index (χ0n) is 10.9. The third-order valence-corrected chi connectivity index (χ3v) is 3.05. The first-order valence-corrected chi connectivity index (χ1v) is 6.16. The van der Waals surface area contributed by atoms with Crippen LogP contribution in [0.4, 0.5) is 0 Å². The average molecular weight is 360 g/mol. The minimum Gasteiger partial charge on any atom is -0.356 e. The fourth-order valence-electron chi connectivity index (χ4n) is 1.75. The number of halogens is 1. The largest absolute Gasteiger partial charge is 0.356 e. The molecule has 1 fully saturated rings. The molecule has 5 heteroatoms. The van der Waals surface area contributed by atoms with Gasteiger partial charge in [-0.25, -0.2) is 0 Å². The van der Waals surface area contributed by atoms with Crippen LogP contribution in [-0.4, -0.2) is 30.6 Å². The Kier molecular flexibility index (Phi) is 6.38. The first-order valence-electron chi connectivity index (χ1n) is 6.16. The van der Waals surface area contributed by atoms with Crippen molar-refractivity contribution in [1.82, 2.24) is 15.6 Å². The number of hydrogen-bond acceptors (Lipinski definition) is 2. The molecule has 1 aliphatic rings. The predicted molar refractivity (Wildman–Crippen MR) is 85.4 cm³/mol. The summed E-state index contributed by atoms with van der Waals surface area (Å²) in [4.78, 5) is 8.49. The molecule has 4 nitrogen and oxygen atoms in total. The van der Waals surface area contributed by atoms with E-state index in [1.807, 2.05) is 31.4 Å². The third-order valence-electron chi connectivity index (χ3n) is 3.05. The predicted octanol–water partition coefficient (Wildman–Crippen LogP) is 1.82. The molecule has 1 aromatic heterocycles. The van der Waals surface area contributed by atoms with Crippen LogP contribution in [0.5, 0.6) is 0 Å². The molecule has 1 aliphatic carbocycles. The van der Waals surface area contributed by atoms with Gasteiger partial charge in [-0.05, 0) is 24.5 Å². The van der Waals surface area contributed by atoms with Gasteiger partial charge in [0.05, 0.1) is 0 Å². The SMILES string of the molecule is CN=C(NCCc1ccccn1)NC1CC1C.I. The molecule has 2 atom stereocenters. The summed E-state index contributed by atoms with van der Waals surface area (Å²) in [6.07, 6.45) is 4.00. The van der Waals surface area contributed by atoms with Crippen LogP contribution < -0.4 is 10.6 Å². The van der Waals surface area contributed by atoms with Crippen LogP contribution >= 0.6 is 24.0 Å². The van der Waals surface area contributed by atoms with E-state index >= 15 is 0 Å². The van der Waals surface area contributed by atoms with Crippen molar-refractivity contribution in [3.8, 4) is 0 Å². The number of pyridine rings is 1. The Morgan fingerprint density at radius 1 is 1.50 bits per heavy atom. The minimum absolute atomic E-state index is 0. The Balaban J connectivity index is 0.00000162. The molecule has 2 N–H and O–H groups in total. The highest BCUT2D eigenvalue weighted by Crippen LogP contribution is 2.28. The second-order valence-electron chi connectivity index (χ2n) is 4.53. The fourth-order valence-corrected chi connectivity index (χ4v) is 1.75. The zero-order chi connectivity index (χ0) is 12.1. The highest BCUT2D eigenvalue weighted by Gasteiger charge is 2.33. The zero-order valence-corrected chi connectivity index (χ0v) is 13.2. The van der Waals surface area contributed by atoms with Crippen molar-refractivity contribution in [3.05, 3.63) is 30.1 Å². The van der Waals surface area contributed by atoms with Crippen molar-refractivity contribution in [3.63, 3.8) is 0 Å². The van der Waals surface area contributed by atoms with Crippen LogP contribution in [0.15, 0.2) is 29.4 Å². The van der Waals surface area contributed by atoms with E-state index < -0.39 is 0 Å². The van der Waals surface area contributed by atoms with Crippen molar-refractivity contribution < 1.29 is 0 Å². The van der Waals surface area contributed by atoms with Gasteiger partial charge in [0.1, 0.15) is 0 Å². The Bertz CT molecular complexity index is 380. The Morgan fingerprint density at radius 2 is 2.28 bits per heavy atom. The summed E-state index contributed by atoms with van der Waals surface area (Å²) in [6, 6.07) is 6.60. The van der Waals surface area contributed by atoms with Crippen molar-refractivity contribution in [1.29, 1.82) is 0 Å². The van der Waals surface area contributed by atoms with Gasteiger partial charge in [0.2, 0.25) is 0 Å². The number of guanidine groups is 1. The molecule has 0 aliphatic heterocycles. The number of nitrogens with one attached hydrogen (secondary N) is 2. The second kappa shape index (κ2) is 7.56. The quantitative estimate of drug-likeness (QED) is 0.489. The molecular formula is C13H21IN4. The summed E-state index contributed by atoms with van der Waals surface area (Å²) in [6.45, 7) is 3.11. The summed E-state index contributed by atoms with van der Waals surface area (Å²) in [5, 5.41) is 6.70. The van der Waals surface area contributed by atoms with E-state index in [2.05, 4.69) is 27.5 Å². The van der Waals surface area contributed by atoms with Gasteiger partial charge in [-0.2, -0.15) is 0 Å². The number of nitrogens with zero attached hydrogens (tertiary/aromatic N) is 2. The van der Waals surface area contributed by atoms with Gasteiger partial charge < -0.3 is 10.6 Å². The van der Waals surface area contributed by atoms with Crippen LogP contribution in [0, 0.1) is 5.92 Å². The van der Waals surface area contributed by atoms with Gasteiger partial charge in [-0.1, -0.05) is 13.0 Å². The second-order valence-corrected chi connectivity index (χ2v) is 4.53. The van der Waals surface area contributed by atoms with Gasteiger partial charge in [-0.3, -0.25) is 9.98 Å². The van der Waals surface area contributed by atoms with Crippen molar-refractivity contribution in [2.45, 2.75) is 25.8 Å². The Morgan fingerprint density at radius 3 is 2.83 bits per heavy atom. The summed E-state index contributed by atoms with van der Waals surface area (Å²) < 4.78 is 0. The van der Waals surface area contributed by atoms with E-state index in [4.69, 9.17) is 0 Å². The molecule has 100 valence electrons. The molecule has 0 saturated heterocycles. The van der Waals surface area contributed by atoms with E-state index in [1.54, 1.807) is 0 Å². The molecule has 0 bridgehead atoms. The van der Waals surface area contributed by atoms with Crippen molar-refractivity contribution >= 4 is 29.9 Å². The maximum absolute atomic E-state index is 4.29. The number of rotatable bonds is 4. The fraction of sp³-hybridized carbons (Fsp3) is 0.538. The standard InChI is InChI=1S/C13H20N4.HI/c1-10-9-12(10)17-13(14-2)16-8-6-11-5-3-4-7-15-11;/h3-5,7,10,12H,6,8-9H2,1-2H3,(H2,14,16,17);1H. The Labute approximate surface area is 126 Å². The molecule has 18 heavy (non-hydrogen) atoms. The molecule has 1 saturated carbocycles. The van der Waals surface area contributed by atoms with E-state index in [0.717, 1.165) is 30.5 Å². The summed E-state index contributed by atoms with van der Waals surface area (Å²) in [5.41, 5.74) is 1.11. The average Bonchev–Trinajstić information content (AvgIpc) is 3.05.